The van der Waals surface area contributed by atoms with Gasteiger partial charge in [-0.25, -0.2) is 4.79 Å². The van der Waals surface area contributed by atoms with Crippen molar-refractivity contribution < 1.29 is 19.4 Å². The summed E-state index contributed by atoms with van der Waals surface area (Å²) in [4.78, 5) is 28.7. The van der Waals surface area contributed by atoms with Gasteiger partial charge in [0, 0.05) is 26.1 Å². The summed E-state index contributed by atoms with van der Waals surface area (Å²) in [5, 5.41) is 10.1. The molecule has 0 spiro atoms. The topological polar surface area (TPSA) is 70.1 Å². The zero-order valence-electron chi connectivity index (χ0n) is 22.0. The number of phenols is 1. The number of amides is 2. The molecule has 0 saturated carbocycles. The lowest BCUT2D eigenvalue weighted by molar-refractivity contribution is -0.118. The second-order valence-corrected chi connectivity index (χ2v) is 11.1. The van der Waals surface area contributed by atoms with Crippen LogP contribution in [0.15, 0.2) is 36.4 Å². The van der Waals surface area contributed by atoms with Crippen molar-refractivity contribution in [2.75, 3.05) is 24.5 Å². The van der Waals surface area contributed by atoms with Gasteiger partial charge in [0.1, 0.15) is 11.4 Å². The highest BCUT2D eigenvalue weighted by atomic mass is 16.6. The number of ether oxygens (including phenoxy) is 1. The predicted octanol–water partition coefficient (Wildman–Crippen LogP) is 5.81. The van der Waals surface area contributed by atoms with Crippen LogP contribution >= 0.6 is 0 Å². The van der Waals surface area contributed by atoms with Crippen LogP contribution in [0.4, 0.5) is 10.5 Å². The van der Waals surface area contributed by atoms with Gasteiger partial charge in [0.2, 0.25) is 5.91 Å². The fraction of sp³-hybridized carbons (Fsp3) is 0.533. The first-order valence-electron chi connectivity index (χ1n) is 13.4. The molecule has 6 heteroatoms. The minimum atomic E-state index is -0.538. The first-order chi connectivity index (χ1) is 17.2. The van der Waals surface area contributed by atoms with Gasteiger partial charge in [0.25, 0.3) is 0 Å². The van der Waals surface area contributed by atoms with Gasteiger partial charge in [-0.2, -0.15) is 0 Å². The molecule has 0 radical (unpaired) electrons. The third kappa shape index (κ3) is 6.59. The molecule has 4 rings (SSSR count). The van der Waals surface area contributed by atoms with E-state index in [-0.39, 0.29) is 17.7 Å². The Morgan fingerprint density at radius 3 is 2.44 bits per heavy atom. The van der Waals surface area contributed by atoms with Crippen molar-refractivity contribution in [3.05, 3.63) is 58.7 Å². The summed E-state index contributed by atoms with van der Waals surface area (Å²) in [5.74, 6) is 0.539. The van der Waals surface area contributed by atoms with E-state index in [0.29, 0.717) is 25.9 Å². The van der Waals surface area contributed by atoms with E-state index in [9.17, 15) is 14.7 Å². The van der Waals surface area contributed by atoms with Gasteiger partial charge in [-0.15, -0.1) is 0 Å². The second-order valence-electron chi connectivity index (χ2n) is 11.1. The van der Waals surface area contributed by atoms with Crippen molar-refractivity contribution in [2.45, 2.75) is 84.2 Å². The molecule has 0 saturated heterocycles. The zero-order valence-corrected chi connectivity index (χ0v) is 22.0. The third-order valence-corrected chi connectivity index (χ3v) is 7.05. The minimum Gasteiger partial charge on any atom is -0.508 e. The summed E-state index contributed by atoms with van der Waals surface area (Å²) in [7, 11) is 0. The molecule has 36 heavy (non-hydrogen) atoms. The Labute approximate surface area is 215 Å². The van der Waals surface area contributed by atoms with E-state index in [4.69, 9.17) is 4.74 Å². The number of benzene rings is 2. The average molecular weight is 493 g/mol. The maximum absolute atomic E-state index is 12.8. The number of nitrogens with zero attached hydrogens (tertiary/aromatic N) is 2. The third-order valence-electron chi connectivity index (χ3n) is 7.05. The molecular formula is C30H40N2O4. The van der Waals surface area contributed by atoms with Crippen LogP contribution in [-0.4, -0.2) is 47.2 Å². The highest BCUT2D eigenvalue weighted by molar-refractivity contribution is 5.98. The molecule has 2 aliphatic rings. The van der Waals surface area contributed by atoms with E-state index < -0.39 is 5.60 Å². The molecule has 6 nitrogen and oxygen atoms in total. The molecule has 0 atom stereocenters. The Kier molecular flexibility index (Phi) is 8.22. The lowest BCUT2D eigenvalue weighted by Crippen LogP contribution is -2.38. The molecule has 0 unspecified atom stereocenters. The molecule has 0 aliphatic carbocycles. The molecule has 2 aromatic rings. The maximum atomic E-state index is 12.8. The fourth-order valence-corrected chi connectivity index (χ4v) is 5.26. The number of aromatic hydroxyl groups is 1. The van der Waals surface area contributed by atoms with Crippen LogP contribution in [0.3, 0.4) is 0 Å². The quantitative estimate of drug-likeness (QED) is 0.425. The van der Waals surface area contributed by atoms with Crippen molar-refractivity contribution in [3.63, 3.8) is 0 Å². The fourth-order valence-electron chi connectivity index (χ4n) is 5.26. The van der Waals surface area contributed by atoms with Gasteiger partial charge in [0.15, 0.2) is 0 Å². The van der Waals surface area contributed by atoms with Crippen LogP contribution in [0.5, 0.6) is 5.75 Å². The van der Waals surface area contributed by atoms with E-state index in [2.05, 4.69) is 12.1 Å². The Balaban J connectivity index is 1.24. The van der Waals surface area contributed by atoms with Crippen molar-refractivity contribution in [1.29, 1.82) is 0 Å². The normalized spacial score (nSPS) is 14.6. The number of anilines is 1. The number of carbonyl (C=O) groups excluding carboxylic acids is 2. The molecule has 2 aliphatic heterocycles. The molecule has 0 aromatic heterocycles. The number of carbonyl (C=O) groups is 2. The molecule has 2 amide bonds. The summed E-state index contributed by atoms with van der Waals surface area (Å²) in [6, 6.07) is 11.9. The first kappa shape index (κ1) is 26.1. The standard InChI is InChI=1S/C30H40N2O4/c1-30(2,3)36-29(35)31(18-15-23-11-7-8-12-26(23)33)17-9-5-4-6-10-22-20-24-13-14-27(34)32-19-16-25(21-22)28(24)32/h7-8,11-12,20-21,33H,4-6,9-10,13-19H2,1-3H3. The van der Waals surface area contributed by atoms with Gasteiger partial charge in [-0.3, -0.25) is 4.79 Å². The molecule has 1 N–H and O–H groups in total. The lowest BCUT2D eigenvalue weighted by Gasteiger charge is -2.27. The van der Waals surface area contributed by atoms with Crippen molar-refractivity contribution in [2.24, 2.45) is 0 Å². The summed E-state index contributed by atoms with van der Waals surface area (Å²) >= 11 is 0. The van der Waals surface area contributed by atoms with E-state index in [1.807, 2.05) is 37.8 Å². The summed E-state index contributed by atoms with van der Waals surface area (Å²) in [5.41, 5.74) is 5.57. The Morgan fingerprint density at radius 2 is 1.69 bits per heavy atom. The van der Waals surface area contributed by atoms with Crippen LogP contribution in [0.2, 0.25) is 0 Å². The number of para-hydroxylation sites is 1. The average Bonchev–Trinajstić information content (AvgIpc) is 3.25. The molecular weight excluding hydrogens is 452 g/mol. The van der Waals surface area contributed by atoms with Gasteiger partial charge in [0.05, 0.1) is 5.69 Å². The Bertz CT molecular complexity index is 1090. The number of phenolic OH excluding ortho intramolecular Hbond substituents is 1. The second kappa shape index (κ2) is 11.4. The molecule has 0 bridgehead atoms. The van der Waals surface area contributed by atoms with Crippen LogP contribution in [0.25, 0.3) is 0 Å². The predicted molar refractivity (Wildman–Crippen MR) is 143 cm³/mol. The molecule has 194 valence electrons. The number of unbranched alkanes of at least 4 members (excludes halogenated alkanes) is 3. The molecule has 2 heterocycles. The van der Waals surface area contributed by atoms with Crippen LogP contribution in [0, 0.1) is 0 Å². The van der Waals surface area contributed by atoms with Crippen LogP contribution < -0.4 is 4.90 Å². The number of hydrogen-bond acceptors (Lipinski definition) is 4. The molecule has 2 aromatic carbocycles. The van der Waals surface area contributed by atoms with Crippen molar-refractivity contribution >= 4 is 17.7 Å². The molecule has 0 fully saturated rings. The monoisotopic (exact) mass is 492 g/mol. The Morgan fingerprint density at radius 1 is 0.972 bits per heavy atom. The van der Waals surface area contributed by atoms with Gasteiger partial charge in [-0.05, 0) is 87.6 Å². The van der Waals surface area contributed by atoms with Crippen molar-refractivity contribution in [1.82, 2.24) is 4.90 Å². The van der Waals surface area contributed by atoms with E-state index in [1.54, 1.807) is 17.0 Å². The van der Waals surface area contributed by atoms with Gasteiger partial charge in [-0.1, -0.05) is 43.2 Å². The lowest BCUT2D eigenvalue weighted by atomic mass is 9.94. The van der Waals surface area contributed by atoms with Crippen LogP contribution in [0.1, 0.15) is 75.1 Å². The maximum Gasteiger partial charge on any atom is 0.410 e. The number of hydrogen-bond donors (Lipinski definition) is 1. The van der Waals surface area contributed by atoms with Crippen molar-refractivity contribution in [3.8, 4) is 5.75 Å². The van der Waals surface area contributed by atoms with Crippen LogP contribution in [-0.2, 0) is 35.2 Å². The van der Waals surface area contributed by atoms with E-state index in [1.165, 1.54) is 22.4 Å². The largest absolute Gasteiger partial charge is 0.508 e. The minimum absolute atomic E-state index is 0.265. The summed E-state index contributed by atoms with van der Waals surface area (Å²) < 4.78 is 5.63. The highest BCUT2D eigenvalue weighted by Gasteiger charge is 2.31. The SMILES string of the molecule is CC(C)(C)OC(=O)N(CCCCCCc1cc2c3c(c1)CCN3C(=O)CC2)CCc1ccccc1O. The van der Waals surface area contributed by atoms with Gasteiger partial charge >= 0.3 is 6.09 Å². The smallest absolute Gasteiger partial charge is 0.410 e. The Hall–Kier alpha value is -3.02. The number of aryl methyl sites for hydroxylation is 2. The van der Waals surface area contributed by atoms with Gasteiger partial charge < -0.3 is 19.6 Å². The van der Waals surface area contributed by atoms with E-state index in [0.717, 1.165) is 57.1 Å². The van der Waals surface area contributed by atoms with E-state index >= 15 is 0 Å². The zero-order chi connectivity index (χ0) is 25.7. The number of rotatable bonds is 10. The highest BCUT2D eigenvalue weighted by Crippen LogP contribution is 2.37. The summed E-state index contributed by atoms with van der Waals surface area (Å²) in [6.07, 6.45) is 8.03. The summed E-state index contributed by atoms with van der Waals surface area (Å²) in [6.45, 7) is 7.65. The first-order valence-corrected chi connectivity index (χ1v) is 13.4.